The van der Waals surface area contributed by atoms with Crippen LogP contribution in [0.2, 0.25) is 0 Å². The van der Waals surface area contributed by atoms with Gasteiger partial charge in [0.1, 0.15) is 0 Å². The van der Waals surface area contributed by atoms with Gasteiger partial charge < -0.3 is 0 Å². The molecule has 0 amide bonds. The van der Waals surface area contributed by atoms with Crippen molar-refractivity contribution in [1.82, 2.24) is 0 Å². The van der Waals surface area contributed by atoms with E-state index in [0.717, 1.165) is 22.4 Å². The Morgan fingerprint density at radius 3 is 1.70 bits per heavy atom. The van der Waals surface area contributed by atoms with Gasteiger partial charge in [0.2, 0.25) is 0 Å². The first kappa shape index (κ1) is 30.0. The maximum absolute atomic E-state index is 4.21. The van der Waals surface area contributed by atoms with Gasteiger partial charge in [-0.1, -0.05) is 100 Å². The van der Waals surface area contributed by atoms with Crippen LogP contribution in [0.4, 0.5) is 0 Å². The lowest BCUT2D eigenvalue weighted by molar-refractivity contribution is 1.35. The molecule has 5 aromatic rings. The Morgan fingerprint density at radius 1 is 0.400 bits per heavy atom. The van der Waals surface area contributed by atoms with E-state index in [-0.39, 0.29) is 0 Å². The average molecular weight is 847 g/mol. The van der Waals surface area contributed by atoms with E-state index < -0.39 is 0 Å². The second-order valence-electron chi connectivity index (χ2n) is 10.3. The molecule has 0 aliphatic rings. The summed E-state index contributed by atoms with van der Waals surface area (Å²) in [6, 6.07) is 26.5. The Bertz CT molecular complexity index is 1800. The molecule has 5 rings (SSSR count). The third-order valence-electron chi connectivity index (χ3n) is 7.52. The van der Waals surface area contributed by atoms with Crippen LogP contribution in [0.5, 0.6) is 0 Å². The van der Waals surface area contributed by atoms with Crippen molar-refractivity contribution in [1.29, 1.82) is 0 Å². The minimum atomic E-state index is 1.06. The predicted molar refractivity (Wildman–Crippen MR) is 190 cm³/mol. The Labute approximate surface area is 279 Å². The maximum atomic E-state index is 4.21. The van der Waals surface area contributed by atoms with Crippen molar-refractivity contribution in [3.63, 3.8) is 0 Å². The molecular weight excluding hydrogens is 820 g/mol. The van der Waals surface area contributed by atoms with Crippen molar-refractivity contribution in [3.8, 4) is 44.5 Å². The van der Waals surface area contributed by atoms with E-state index in [1.54, 1.807) is 0 Å². The third-order valence-corrected chi connectivity index (χ3v) is 11.0. The van der Waals surface area contributed by atoms with E-state index in [4.69, 9.17) is 0 Å². The molecule has 0 fully saturated rings. The summed E-state index contributed by atoms with van der Waals surface area (Å²) in [7, 11) is 0. The summed E-state index contributed by atoms with van der Waals surface area (Å²) >= 11 is 19.2. The second kappa shape index (κ2) is 12.0. The molecular formula is C35H27Br5. The summed E-state index contributed by atoms with van der Waals surface area (Å²) in [6.07, 6.45) is 0. The van der Waals surface area contributed by atoms with Gasteiger partial charge in [-0.05, 0) is 148 Å². The molecule has 0 aliphatic heterocycles. The lowest BCUT2D eigenvalue weighted by atomic mass is 9.80. The molecule has 0 saturated heterocycles. The summed E-state index contributed by atoms with van der Waals surface area (Å²) in [6.45, 7) is 10.9. The molecule has 0 radical (unpaired) electrons. The van der Waals surface area contributed by atoms with Crippen molar-refractivity contribution in [2.24, 2.45) is 0 Å². The molecule has 40 heavy (non-hydrogen) atoms. The zero-order valence-corrected chi connectivity index (χ0v) is 30.7. The summed E-state index contributed by atoms with van der Waals surface area (Å²) < 4.78 is 5.43. The van der Waals surface area contributed by atoms with E-state index in [9.17, 15) is 0 Å². The van der Waals surface area contributed by atoms with Crippen LogP contribution in [-0.4, -0.2) is 0 Å². The SMILES string of the molecule is Cc1cc(-c2c(Br)c(-c3cc(Br)ccc3C)c(-c3ccc(Br)cc3C)c(C)c2-c2ccc(C)c(Br)c2)ccc1Br. The first-order valence-corrected chi connectivity index (χ1v) is 16.9. The zero-order chi connectivity index (χ0) is 28.9. The van der Waals surface area contributed by atoms with Gasteiger partial charge in [-0.2, -0.15) is 0 Å². The monoisotopic (exact) mass is 842 g/mol. The van der Waals surface area contributed by atoms with Gasteiger partial charge in [0.05, 0.1) is 0 Å². The summed E-state index contributed by atoms with van der Waals surface area (Å²) in [5.41, 5.74) is 15.7. The summed E-state index contributed by atoms with van der Waals surface area (Å²) in [4.78, 5) is 0. The average Bonchev–Trinajstić information content (AvgIpc) is 2.90. The fraction of sp³-hybridized carbons (Fsp3) is 0.143. The van der Waals surface area contributed by atoms with Gasteiger partial charge in [0, 0.05) is 33.5 Å². The van der Waals surface area contributed by atoms with Gasteiger partial charge in [-0.15, -0.1) is 0 Å². The summed E-state index contributed by atoms with van der Waals surface area (Å²) in [5.74, 6) is 0. The van der Waals surface area contributed by atoms with E-state index in [1.165, 1.54) is 72.3 Å². The largest absolute Gasteiger partial charge is 0.0576 e. The Morgan fingerprint density at radius 2 is 1.02 bits per heavy atom. The molecule has 202 valence electrons. The van der Waals surface area contributed by atoms with Crippen LogP contribution in [0.3, 0.4) is 0 Å². The minimum absolute atomic E-state index is 1.06. The standard InChI is InChI=1S/C35H27Br5/c1-18-7-10-26(37)17-28(18)34-32(27-12-11-25(36)15-20(27)3)22(5)31(24-8-6-19(2)30(39)16-24)33(35(34)40)23-9-13-29(38)21(4)14-23/h6-17H,1-5H3. The van der Waals surface area contributed by atoms with Crippen molar-refractivity contribution >= 4 is 79.6 Å². The van der Waals surface area contributed by atoms with Crippen LogP contribution in [0.1, 0.15) is 27.8 Å². The topological polar surface area (TPSA) is 0 Å². The fourth-order valence-electron chi connectivity index (χ4n) is 5.39. The van der Waals surface area contributed by atoms with Gasteiger partial charge in [-0.25, -0.2) is 0 Å². The normalized spacial score (nSPS) is 11.2. The van der Waals surface area contributed by atoms with Crippen molar-refractivity contribution in [3.05, 3.63) is 123 Å². The lowest BCUT2D eigenvalue weighted by Gasteiger charge is -2.26. The van der Waals surface area contributed by atoms with E-state index in [0.29, 0.717) is 0 Å². The number of halogens is 5. The van der Waals surface area contributed by atoms with E-state index >= 15 is 0 Å². The highest BCUT2D eigenvalue weighted by Crippen LogP contribution is 2.52. The number of rotatable bonds is 4. The molecule has 5 aromatic carbocycles. The Hall–Kier alpha value is -1.50. The van der Waals surface area contributed by atoms with E-state index in [1.807, 2.05) is 0 Å². The van der Waals surface area contributed by atoms with Crippen molar-refractivity contribution in [2.45, 2.75) is 34.6 Å². The third kappa shape index (κ3) is 5.62. The predicted octanol–water partition coefficient (Wildman–Crippen LogP) is 13.7. The smallest absolute Gasteiger partial charge is 0.0344 e. The molecule has 5 heteroatoms. The molecule has 0 N–H and O–H groups in total. The number of benzene rings is 5. The minimum Gasteiger partial charge on any atom is -0.0576 e. The van der Waals surface area contributed by atoms with Gasteiger partial charge in [0.15, 0.2) is 0 Å². The van der Waals surface area contributed by atoms with Crippen LogP contribution >= 0.6 is 79.6 Å². The van der Waals surface area contributed by atoms with Crippen LogP contribution in [0.25, 0.3) is 44.5 Å². The highest BCUT2D eigenvalue weighted by molar-refractivity contribution is 9.11. The molecule has 0 unspecified atom stereocenters. The number of hydrogen-bond acceptors (Lipinski definition) is 0. The first-order valence-electron chi connectivity index (χ1n) is 12.9. The molecule has 0 aliphatic carbocycles. The molecule has 0 nitrogen and oxygen atoms in total. The van der Waals surface area contributed by atoms with Crippen molar-refractivity contribution < 1.29 is 0 Å². The van der Waals surface area contributed by atoms with Crippen LogP contribution in [-0.2, 0) is 0 Å². The van der Waals surface area contributed by atoms with Crippen molar-refractivity contribution in [2.75, 3.05) is 0 Å². The molecule has 0 bridgehead atoms. The highest BCUT2D eigenvalue weighted by Gasteiger charge is 2.26. The van der Waals surface area contributed by atoms with Gasteiger partial charge in [-0.3, -0.25) is 0 Å². The quantitative estimate of drug-likeness (QED) is 0.169. The molecule has 0 atom stereocenters. The zero-order valence-electron chi connectivity index (χ0n) is 22.8. The van der Waals surface area contributed by atoms with Gasteiger partial charge >= 0.3 is 0 Å². The number of aryl methyl sites for hydroxylation is 4. The molecule has 0 heterocycles. The van der Waals surface area contributed by atoms with Crippen LogP contribution < -0.4 is 0 Å². The van der Waals surface area contributed by atoms with Crippen LogP contribution in [0.15, 0.2) is 95.2 Å². The highest BCUT2D eigenvalue weighted by atomic mass is 79.9. The first-order chi connectivity index (χ1) is 19.0. The molecule has 0 saturated carbocycles. The molecule has 0 spiro atoms. The lowest BCUT2D eigenvalue weighted by Crippen LogP contribution is -2.01. The Kier molecular flexibility index (Phi) is 9.00. The molecule has 0 aromatic heterocycles. The van der Waals surface area contributed by atoms with Gasteiger partial charge in [0.25, 0.3) is 0 Å². The number of hydrogen-bond donors (Lipinski definition) is 0. The fourth-order valence-corrected chi connectivity index (χ4v) is 7.69. The maximum Gasteiger partial charge on any atom is 0.0344 e. The van der Waals surface area contributed by atoms with E-state index in [2.05, 4.69) is 187 Å². The summed E-state index contributed by atoms with van der Waals surface area (Å²) in [5, 5.41) is 0. The second-order valence-corrected chi connectivity index (χ2v) is 14.6. The Balaban J connectivity index is 2.03. The van der Waals surface area contributed by atoms with Crippen LogP contribution in [0, 0.1) is 34.6 Å².